The van der Waals surface area contributed by atoms with E-state index >= 15 is 0 Å². The molecule has 0 atom stereocenters. The Balaban J connectivity index is 1.49. The molecule has 6 heteroatoms. The van der Waals surface area contributed by atoms with Gasteiger partial charge in [-0.3, -0.25) is 0 Å². The fourth-order valence-corrected chi connectivity index (χ4v) is 5.64. The highest BCUT2D eigenvalue weighted by Crippen LogP contribution is 2.37. The second kappa shape index (κ2) is 10.5. The van der Waals surface area contributed by atoms with Crippen molar-refractivity contribution < 1.29 is 4.74 Å². The first-order valence-corrected chi connectivity index (χ1v) is 13.8. The van der Waals surface area contributed by atoms with Crippen LogP contribution in [0.4, 0.5) is 5.69 Å². The maximum atomic E-state index is 6.14. The number of para-hydroxylation sites is 1. The first-order chi connectivity index (χ1) is 18.6. The van der Waals surface area contributed by atoms with Gasteiger partial charge in [0.1, 0.15) is 28.7 Å². The van der Waals surface area contributed by atoms with Crippen LogP contribution < -0.4 is 10.1 Å². The molecule has 1 aliphatic heterocycles. The van der Waals surface area contributed by atoms with E-state index in [-0.39, 0.29) is 0 Å². The third-order valence-corrected chi connectivity index (χ3v) is 7.64. The quantitative estimate of drug-likeness (QED) is 0.228. The molecule has 0 bridgehead atoms. The molecule has 0 spiro atoms. The average molecular weight is 521 g/mol. The Morgan fingerprint density at radius 1 is 0.974 bits per heavy atom. The topological polar surface area (TPSA) is 43.5 Å². The van der Waals surface area contributed by atoms with Gasteiger partial charge in [-0.1, -0.05) is 79.3 Å². The van der Waals surface area contributed by atoms with Crippen LogP contribution in [-0.4, -0.2) is 19.2 Å². The predicted octanol–water partition coefficient (Wildman–Crippen LogP) is 7.38. The van der Waals surface area contributed by atoms with E-state index in [0.717, 1.165) is 60.8 Å². The lowest BCUT2D eigenvalue weighted by molar-refractivity contribution is 0.288. The highest BCUT2D eigenvalue weighted by molar-refractivity contribution is 7.81. The van der Waals surface area contributed by atoms with Gasteiger partial charge >= 0.3 is 0 Å². The van der Waals surface area contributed by atoms with Crippen LogP contribution in [0.1, 0.15) is 48.0 Å². The van der Waals surface area contributed by atoms with Gasteiger partial charge in [-0.15, -0.1) is 5.10 Å². The summed E-state index contributed by atoms with van der Waals surface area (Å²) in [6.45, 7) is 5.60. The molecular formula is C32H32N4OS. The Hall–Kier alpha value is -3.90. The summed E-state index contributed by atoms with van der Waals surface area (Å²) in [5.74, 6) is 1.76. The fourth-order valence-electron chi connectivity index (χ4n) is 5.33. The van der Waals surface area contributed by atoms with Crippen molar-refractivity contribution in [1.29, 1.82) is 0 Å². The van der Waals surface area contributed by atoms with Crippen LogP contribution in [0.2, 0.25) is 0 Å². The SMILES string of the molecule is CCc1ccc(-c2c3c4n(c(COc5ccccc5)nn4c2C(=S)Nc2ccc(C)cc2)CCCC3)cc1. The minimum Gasteiger partial charge on any atom is -0.486 e. The average Bonchev–Trinajstić information content (AvgIpc) is 3.35. The molecule has 0 fully saturated rings. The molecule has 192 valence electrons. The number of ether oxygens (including phenoxy) is 1. The van der Waals surface area contributed by atoms with Gasteiger partial charge in [0, 0.05) is 23.4 Å². The van der Waals surface area contributed by atoms with Crippen molar-refractivity contribution in [3.8, 4) is 16.9 Å². The molecule has 38 heavy (non-hydrogen) atoms. The second-order valence-electron chi connectivity index (χ2n) is 9.93. The zero-order valence-electron chi connectivity index (χ0n) is 21.9. The molecule has 0 amide bonds. The zero-order chi connectivity index (χ0) is 26.1. The first kappa shape index (κ1) is 24.4. The summed E-state index contributed by atoms with van der Waals surface area (Å²) in [6, 6.07) is 27.2. The molecule has 0 radical (unpaired) electrons. The van der Waals surface area contributed by atoms with Crippen molar-refractivity contribution in [1.82, 2.24) is 14.2 Å². The maximum absolute atomic E-state index is 6.14. The van der Waals surface area contributed by atoms with Gasteiger partial charge in [-0.2, -0.15) is 0 Å². The van der Waals surface area contributed by atoms with Crippen LogP contribution in [0, 0.1) is 6.92 Å². The molecule has 1 N–H and O–H groups in total. The van der Waals surface area contributed by atoms with Gasteiger partial charge in [0.25, 0.3) is 0 Å². The molecule has 5 aromatic rings. The van der Waals surface area contributed by atoms with E-state index < -0.39 is 0 Å². The lowest BCUT2D eigenvalue weighted by Gasteiger charge is -2.12. The van der Waals surface area contributed by atoms with Crippen molar-refractivity contribution in [2.75, 3.05) is 5.32 Å². The van der Waals surface area contributed by atoms with E-state index in [1.807, 2.05) is 30.3 Å². The molecule has 3 aromatic carbocycles. The Bertz CT molecular complexity index is 1580. The fraction of sp³-hybridized carbons (Fsp3) is 0.250. The van der Waals surface area contributed by atoms with Crippen molar-refractivity contribution in [2.24, 2.45) is 0 Å². The number of hydrogen-bond acceptors (Lipinski definition) is 3. The van der Waals surface area contributed by atoms with E-state index in [1.54, 1.807) is 0 Å². The number of thiocarbonyl (C=S) groups is 1. The number of hydrogen-bond donors (Lipinski definition) is 1. The van der Waals surface area contributed by atoms with Gasteiger partial charge in [0.05, 0.1) is 0 Å². The number of benzene rings is 3. The van der Waals surface area contributed by atoms with Crippen LogP contribution in [0.3, 0.4) is 0 Å². The summed E-state index contributed by atoms with van der Waals surface area (Å²) in [6.07, 6.45) is 4.24. The number of nitrogens with one attached hydrogen (secondary N) is 1. The molecule has 0 aliphatic carbocycles. The predicted molar refractivity (Wildman–Crippen MR) is 158 cm³/mol. The van der Waals surface area contributed by atoms with Crippen LogP contribution in [0.15, 0.2) is 78.9 Å². The third-order valence-electron chi connectivity index (χ3n) is 7.35. The smallest absolute Gasteiger partial charge is 0.169 e. The molecule has 0 unspecified atom stereocenters. The molecule has 6 rings (SSSR count). The van der Waals surface area contributed by atoms with Gasteiger partial charge in [-0.05, 0) is 68.0 Å². The van der Waals surface area contributed by atoms with E-state index in [1.165, 1.54) is 27.8 Å². The summed E-state index contributed by atoms with van der Waals surface area (Å²) in [7, 11) is 0. The number of anilines is 1. The van der Waals surface area contributed by atoms with Gasteiger partial charge in [0.15, 0.2) is 5.82 Å². The molecular weight excluding hydrogens is 488 g/mol. The highest BCUT2D eigenvalue weighted by atomic mass is 32.1. The molecule has 2 aromatic heterocycles. The largest absolute Gasteiger partial charge is 0.486 e. The normalized spacial score (nSPS) is 12.9. The summed E-state index contributed by atoms with van der Waals surface area (Å²) < 4.78 is 10.5. The maximum Gasteiger partial charge on any atom is 0.169 e. The van der Waals surface area contributed by atoms with E-state index in [2.05, 4.69) is 76.8 Å². The standard InChI is InChI=1S/C32H32N4OS/c1-3-23-14-16-24(17-15-23)29-27-11-7-8-20-35-28(21-37-26-9-5-4-6-10-26)34-36(32(27)35)30(29)31(38)33-25-18-12-22(2)13-19-25/h4-6,9-10,12-19H,3,7-8,11,20-21H2,1-2H3,(H,33,38). The van der Waals surface area contributed by atoms with Gasteiger partial charge < -0.3 is 14.6 Å². The summed E-state index contributed by atoms with van der Waals surface area (Å²) in [4.78, 5) is 0.672. The Kier molecular flexibility index (Phi) is 6.73. The number of nitrogens with zero attached hydrogens (tertiary/aromatic N) is 3. The number of aryl methyl sites for hydroxylation is 4. The molecule has 0 saturated heterocycles. The van der Waals surface area contributed by atoms with Gasteiger partial charge in [-0.25, -0.2) is 4.52 Å². The monoisotopic (exact) mass is 520 g/mol. The van der Waals surface area contributed by atoms with Crippen molar-refractivity contribution in [2.45, 2.75) is 52.7 Å². The van der Waals surface area contributed by atoms with Crippen LogP contribution >= 0.6 is 12.2 Å². The van der Waals surface area contributed by atoms with E-state index in [9.17, 15) is 0 Å². The highest BCUT2D eigenvalue weighted by Gasteiger charge is 2.29. The molecule has 3 heterocycles. The third kappa shape index (κ3) is 4.61. The minimum atomic E-state index is 0.406. The zero-order valence-corrected chi connectivity index (χ0v) is 22.7. The van der Waals surface area contributed by atoms with E-state index in [4.69, 9.17) is 22.1 Å². The Morgan fingerprint density at radius 2 is 1.74 bits per heavy atom. The van der Waals surface area contributed by atoms with Crippen molar-refractivity contribution in [3.05, 3.63) is 107 Å². The lowest BCUT2D eigenvalue weighted by Crippen LogP contribution is -2.15. The second-order valence-corrected chi connectivity index (χ2v) is 10.3. The lowest BCUT2D eigenvalue weighted by atomic mass is 9.96. The van der Waals surface area contributed by atoms with Crippen molar-refractivity contribution >= 4 is 28.5 Å². The Morgan fingerprint density at radius 3 is 2.47 bits per heavy atom. The molecule has 5 nitrogen and oxygen atoms in total. The number of aromatic nitrogens is 3. The van der Waals surface area contributed by atoms with E-state index in [0.29, 0.717) is 11.6 Å². The van der Waals surface area contributed by atoms with Crippen LogP contribution in [0.25, 0.3) is 16.8 Å². The van der Waals surface area contributed by atoms with Crippen LogP contribution in [-0.2, 0) is 26.0 Å². The Labute approximate surface area is 229 Å². The molecule has 1 aliphatic rings. The first-order valence-electron chi connectivity index (χ1n) is 13.4. The number of rotatable bonds is 7. The summed E-state index contributed by atoms with van der Waals surface area (Å²) in [5, 5.41) is 8.63. The van der Waals surface area contributed by atoms with Crippen molar-refractivity contribution in [3.63, 3.8) is 0 Å². The molecule has 0 saturated carbocycles. The summed E-state index contributed by atoms with van der Waals surface area (Å²) >= 11 is 6.10. The van der Waals surface area contributed by atoms with Gasteiger partial charge in [0.2, 0.25) is 0 Å². The van der Waals surface area contributed by atoms with Crippen LogP contribution in [0.5, 0.6) is 5.75 Å². The minimum absolute atomic E-state index is 0.406. The summed E-state index contributed by atoms with van der Waals surface area (Å²) in [5.41, 5.74) is 9.27.